The van der Waals surface area contributed by atoms with E-state index in [2.05, 4.69) is 21.3 Å². The van der Waals surface area contributed by atoms with Gasteiger partial charge in [0.2, 0.25) is 5.88 Å². The van der Waals surface area contributed by atoms with Gasteiger partial charge in [-0.25, -0.2) is 4.98 Å². The average Bonchev–Trinajstić information content (AvgIpc) is 3.02. The zero-order valence-corrected chi connectivity index (χ0v) is 12.9. The lowest BCUT2D eigenvalue weighted by Crippen LogP contribution is -2.29. The summed E-state index contributed by atoms with van der Waals surface area (Å²) in [5.74, 6) is 0.747. The second kappa shape index (κ2) is 6.74. The highest BCUT2D eigenvalue weighted by molar-refractivity contribution is 5.85. The maximum Gasteiger partial charge on any atom is 0.213 e. The Morgan fingerprint density at radius 3 is 3.05 bits per heavy atom. The number of nitrogens with one attached hydrogen (secondary N) is 1. The van der Waals surface area contributed by atoms with Crippen LogP contribution in [0.5, 0.6) is 5.88 Å². The zero-order chi connectivity index (χ0) is 13.1. The number of aromatic nitrogens is 1. The second-order valence-electron chi connectivity index (χ2n) is 5.79. The van der Waals surface area contributed by atoms with E-state index in [0.29, 0.717) is 12.0 Å². The summed E-state index contributed by atoms with van der Waals surface area (Å²) in [5, 5.41) is 3.50. The summed E-state index contributed by atoms with van der Waals surface area (Å²) in [6.07, 6.45) is 2.65. The molecule has 4 nitrogen and oxygen atoms in total. The second-order valence-corrected chi connectivity index (χ2v) is 5.79. The van der Waals surface area contributed by atoms with Gasteiger partial charge in [-0.2, -0.15) is 0 Å². The van der Waals surface area contributed by atoms with Crippen LogP contribution in [-0.2, 0) is 6.54 Å². The number of likely N-dealkylation sites (tertiary alicyclic amines) is 1. The van der Waals surface area contributed by atoms with E-state index in [1.807, 2.05) is 19.1 Å². The summed E-state index contributed by atoms with van der Waals surface area (Å²) < 4.78 is 5.46. The van der Waals surface area contributed by atoms with Gasteiger partial charge in [-0.1, -0.05) is 6.07 Å². The molecule has 3 heterocycles. The molecule has 1 N–H and O–H groups in total. The van der Waals surface area contributed by atoms with E-state index in [1.165, 1.54) is 39.0 Å². The van der Waals surface area contributed by atoms with Crippen LogP contribution in [-0.4, -0.2) is 42.7 Å². The molecule has 0 radical (unpaired) electrons. The Morgan fingerprint density at radius 2 is 2.30 bits per heavy atom. The van der Waals surface area contributed by atoms with Gasteiger partial charge in [-0.05, 0) is 44.3 Å². The monoisotopic (exact) mass is 297 g/mol. The minimum atomic E-state index is 0. The number of rotatable bonds is 4. The topological polar surface area (TPSA) is 37.4 Å². The van der Waals surface area contributed by atoms with E-state index in [0.717, 1.165) is 18.1 Å². The Balaban J connectivity index is 0.00000147. The molecule has 2 aliphatic rings. The van der Waals surface area contributed by atoms with Crippen LogP contribution in [0.1, 0.15) is 25.5 Å². The van der Waals surface area contributed by atoms with Gasteiger partial charge in [0.15, 0.2) is 0 Å². The molecule has 1 atom stereocenters. The van der Waals surface area contributed by atoms with Crippen molar-refractivity contribution in [1.29, 1.82) is 0 Å². The van der Waals surface area contributed by atoms with Crippen LogP contribution in [0.4, 0.5) is 0 Å². The molecule has 0 bridgehead atoms. The fourth-order valence-corrected chi connectivity index (χ4v) is 3.31. The van der Waals surface area contributed by atoms with Gasteiger partial charge in [0.05, 0.1) is 12.3 Å². The van der Waals surface area contributed by atoms with E-state index >= 15 is 0 Å². The van der Waals surface area contributed by atoms with Crippen molar-refractivity contribution in [1.82, 2.24) is 15.2 Å². The van der Waals surface area contributed by atoms with Crippen molar-refractivity contribution in [3.05, 3.63) is 23.9 Å². The van der Waals surface area contributed by atoms with Gasteiger partial charge in [0, 0.05) is 25.7 Å². The first-order chi connectivity index (χ1) is 9.30. The molecule has 112 valence electrons. The largest absolute Gasteiger partial charge is 0.478 e. The molecule has 20 heavy (non-hydrogen) atoms. The third kappa shape index (κ3) is 3.43. The lowest BCUT2D eigenvalue weighted by atomic mass is 9.87. The number of nitrogens with zero attached hydrogens (tertiary/aromatic N) is 2. The molecule has 2 fully saturated rings. The quantitative estimate of drug-likeness (QED) is 0.923. The van der Waals surface area contributed by atoms with Gasteiger partial charge < -0.3 is 10.1 Å². The zero-order valence-electron chi connectivity index (χ0n) is 12.1. The summed E-state index contributed by atoms with van der Waals surface area (Å²) in [6.45, 7) is 8.40. The Bertz CT molecular complexity index is 435. The minimum Gasteiger partial charge on any atom is -0.478 e. The number of halogens is 1. The summed E-state index contributed by atoms with van der Waals surface area (Å²) in [6, 6.07) is 6.07. The van der Waals surface area contributed by atoms with Crippen LogP contribution in [0.2, 0.25) is 0 Å². The Labute approximate surface area is 127 Å². The third-order valence-electron chi connectivity index (χ3n) is 4.31. The van der Waals surface area contributed by atoms with E-state index in [4.69, 9.17) is 4.74 Å². The van der Waals surface area contributed by atoms with E-state index in [-0.39, 0.29) is 12.4 Å². The molecule has 0 amide bonds. The third-order valence-corrected chi connectivity index (χ3v) is 4.31. The molecule has 0 saturated carbocycles. The van der Waals surface area contributed by atoms with Crippen LogP contribution in [0.15, 0.2) is 18.2 Å². The number of hydrogen-bond acceptors (Lipinski definition) is 4. The Hall–Kier alpha value is -0.840. The van der Waals surface area contributed by atoms with Gasteiger partial charge in [-0.15, -0.1) is 12.4 Å². The number of pyridine rings is 1. The van der Waals surface area contributed by atoms with Gasteiger partial charge in [0.25, 0.3) is 0 Å². The average molecular weight is 298 g/mol. The van der Waals surface area contributed by atoms with Gasteiger partial charge in [-0.3, -0.25) is 4.90 Å². The predicted octanol–water partition coefficient (Wildman–Crippen LogP) is 2.09. The Kier molecular flexibility index (Phi) is 5.24. The summed E-state index contributed by atoms with van der Waals surface area (Å²) in [4.78, 5) is 7.09. The Morgan fingerprint density at radius 1 is 1.40 bits per heavy atom. The maximum atomic E-state index is 5.46. The van der Waals surface area contributed by atoms with Gasteiger partial charge in [0.1, 0.15) is 0 Å². The summed E-state index contributed by atoms with van der Waals surface area (Å²) in [7, 11) is 0. The highest BCUT2D eigenvalue weighted by Gasteiger charge is 2.40. The molecule has 1 unspecified atom stereocenters. The first kappa shape index (κ1) is 15.5. The maximum absolute atomic E-state index is 5.46. The van der Waals surface area contributed by atoms with Crippen molar-refractivity contribution >= 4 is 12.4 Å². The van der Waals surface area contributed by atoms with Crippen molar-refractivity contribution in [2.24, 2.45) is 5.41 Å². The van der Waals surface area contributed by atoms with Crippen molar-refractivity contribution < 1.29 is 4.74 Å². The minimum absolute atomic E-state index is 0. The summed E-state index contributed by atoms with van der Waals surface area (Å²) in [5.41, 5.74) is 1.66. The van der Waals surface area contributed by atoms with Gasteiger partial charge >= 0.3 is 0 Å². The standard InChI is InChI=1S/C15H23N3O.ClH/c1-2-19-14-5-3-4-13(17-14)10-18-9-7-15(12-18)6-8-16-11-15;/h3-5,16H,2,6-12H2,1H3;1H. The highest BCUT2D eigenvalue weighted by atomic mass is 35.5. The number of hydrogen-bond donors (Lipinski definition) is 1. The fraction of sp³-hybridized carbons (Fsp3) is 0.667. The fourth-order valence-electron chi connectivity index (χ4n) is 3.31. The molecule has 3 rings (SSSR count). The molecule has 0 aromatic carbocycles. The van der Waals surface area contributed by atoms with Crippen molar-refractivity contribution in [3.8, 4) is 5.88 Å². The number of ether oxygens (including phenoxy) is 1. The van der Waals surface area contributed by atoms with Crippen molar-refractivity contribution in [2.75, 3.05) is 32.8 Å². The molecule has 1 spiro atoms. The normalized spacial score (nSPS) is 25.9. The van der Waals surface area contributed by atoms with Crippen molar-refractivity contribution in [2.45, 2.75) is 26.3 Å². The molecule has 5 heteroatoms. The lowest BCUT2D eigenvalue weighted by Gasteiger charge is -2.22. The lowest BCUT2D eigenvalue weighted by molar-refractivity contribution is 0.264. The first-order valence-electron chi connectivity index (χ1n) is 7.31. The molecular weight excluding hydrogens is 274 g/mol. The molecular formula is C15H24ClN3O. The van der Waals surface area contributed by atoms with Crippen molar-refractivity contribution in [3.63, 3.8) is 0 Å². The van der Waals surface area contributed by atoms with Crippen LogP contribution >= 0.6 is 12.4 Å². The van der Waals surface area contributed by atoms with E-state index in [9.17, 15) is 0 Å². The predicted molar refractivity (Wildman–Crippen MR) is 82.5 cm³/mol. The smallest absolute Gasteiger partial charge is 0.213 e. The molecule has 0 aliphatic carbocycles. The first-order valence-corrected chi connectivity index (χ1v) is 7.31. The van der Waals surface area contributed by atoms with Crippen LogP contribution in [0.3, 0.4) is 0 Å². The van der Waals surface area contributed by atoms with E-state index in [1.54, 1.807) is 0 Å². The molecule has 2 aliphatic heterocycles. The SMILES string of the molecule is CCOc1cccc(CN2CCC3(CCNC3)C2)n1.Cl. The molecule has 1 aromatic heterocycles. The summed E-state index contributed by atoms with van der Waals surface area (Å²) >= 11 is 0. The van der Waals surface area contributed by atoms with E-state index < -0.39 is 0 Å². The van der Waals surface area contributed by atoms with Crippen LogP contribution < -0.4 is 10.1 Å². The van der Waals surface area contributed by atoms with Crippen LogP contribution in [0, 0.1) is 5.41 Å². The molecule has 1 aromatic rings. The van der Waals surface area contributed by atoms with Crippen LogP contribution in [0.25, 0.3) is 0 Å². The highest BCUT2D eigenvalue weighted by Crippen LogP contribution is 2.36. The molecule has 2 saturated heterocycles.